The van der Waals surface area contributed by atoms with Gasteiger partial charge in [-0.25, -0.2) is 4.98 Å². The second-order valence-electron chi connectivity index (χ2n) is 6.94. The number of rotatable bonds is 2. The van der Waals surface area contributed by atoms with Gasteiger partial charge in [-0.05, 0) is 12.1 Å². The highest BCUT2D eigenvalue weighted by atomic mass is 16.5. The molecule has 2 aromatic rings. The van der Waals surface area contributed by atoms with Crippen molar-refractivity contribution in [1.82, 2.24) is 24.1 Å². The van der Waals surface area contributed by atoms with Crippen LogP contribution in [0.25, 0.3) is 5.52 Å². The van der Waals surface area contributed by atoms with Gasteiger partial charge in [0.1, 0.15) is 0 Å². The largest absolute Gasteiger partial charge is 0.378 e. The van der Waals surface area contributed by atoms with Gasteiger partial charge in [-0.15, -0.1) is 0 Å². The van der Waals surface area contributed by atoms with E-state index in [1.807, 2.05) is 12.1 Å². The number of imidazole rings is 1. The van der Waals surface area contributed by atoms with E-state index in [0.717, 1.165) is 0 Å². The second kappa shape index (κ2) is 7.59. The molecule has 4 heterocycles. The smallest absolute Gasteiger partial charge is 0.290 e. The van der Waals surface area contributed by atoms with Gasteiger partial charge in [-0.1, -0.05) is 6.07 Å². The van der Waals surface area contributed by atoms with E-state index in [1.54, 1.807) is 31.4 Å². The van der Waals surface area contributed by atoms with Crippen LogP contribution in [0.3, 0.4) is 0 Å². The Morgan fingerprint density at radius 2 is 1.54 bits per heavy atom. The quantitative estimate of drug-likeness (QED) is 0.732. The molecule has 0 unspecified atom stereocenters. The molecule has 9 heteroatoms. The lowest BCUT2D eigenvalue weighted by Gasteiger charge is -2.33. The summed E-state index contributed by atoms with van der Waals surface area (Å²) < 4.78 is 6.99. The van der Waals surface area contributed by atoms with Crippen molar-refractivity contribution in [3.05, 3.63) is 35.9 Å². The molecular formula is C19H23N5O4. The zero-order valence-electron chi connectivity index (χ0n) is 15.8. The fourth-order valence-electron chi connectivity index (χ4n) is 3.63. The molecule has 2 fully saturated rings. The normalized spacial score (nSPS) is 17.8. The number of ether oxygens (including phenoxy) is 1. The van der Waals surface area contributed by atoms with Crippen LogP contribution in [-0.4, -0.2) is 94.3 Å². The molecule has 0 saturated carbocycles. The first-order valence-electron chi connectivity index (χ1n) is 9.45. The highest BCUT2D eigenvalue weighted by Gasteiger charge is 2.30. The van der Waals surface area contributed by atoms with Crippen LogP contribution >= 0.6 is 0 Å². The van der Waals surface area contributed by atoms with E-state index in [4.69, 9.17) is 4.74 Å². The summed E-state index contributed by atoms with van der Waals surface area (Å²) in [7, 11) is 0. The van der Waals surface area contributed by atoms with Crippen molar-refractivity contribution in [3.8, 4) is 0 Å². The minimum Gasteiger partial charge on any atom is -0.378 e. The summed E-state index contributed by atoms with van der Waals surface area (Å²) in [5.41, 5.74) is 0.881. The predicted octanol–water partition coefficient (Wildman–Crippen LogP) is 0.111. The van der Waals surface area contributed by atoms with E-state index < -0.39 is 0 Å². The summed E-state index contributed by atoms with van der Waals surface area (Å²) >= 11 is 0. The average Bonchev–Trinajstić information content (AvgIpc) is 3.13. The van der Waals surface area contributed by atoms with Crippen molar-refractivity contribution in [2.24, 2.45) is 0 Å². The maximum Gasteiger partial charge on any atom is 0.290 e. The summed E-state index contributed by atoms with van der Waals surface area (Å²) in [6.07, 6.45) is 1.75. The van der Waals surface area contributed by atoms with Gasteiger partial charge >= 0.3 is 0 Å². The monoisotopic (exact) mass is 385 g/mol. The Labute approximate surface area is 162 Å². The molecule has 0 radical (unpaired) electrons. The van der Waals surface area contributed by atoms with E-state index in [0.29, 0.717) is 58.0 Å². The third-order valence-corrected chi connectivity index (χ3v) is 5.25. The third-order valence-electron chi connectivity index (χ3n) is 5.25. The first-order valence-corrected chi connectivity index (χ1v) is 9.45. The lowest BCUT2D eigenvalue weighted by molar-refractivity contribution is -0.130. The third kappa shape index (κ3) is 3.33. The predicted molar refractivity (Wildman–Crippen MR) is 100 cm³/mol. The Hall–Kier alpha value is -2.94. The number of morpholine rings is 1. The van der Waals surface area contributed by atoms with Gasteiger partial charge in [0, 0.05) is 52.4 Å². The van der Waals surface area contributed by atoms with E-state index in [-0.39, 0.29) is 29.2 Å². The molecule has 2 aromatic heterocycles. The summed E-state index contributed by atoms with van der Waals surface area (Å²) in [5.74, 6) is -0.168. The first-order chi connectivity index (χ1) is 13.6. The highest BCUT2D eigenvalue weighted by Crippen LogP contribution is 2.18. The maximum absolute atomic E-state index is 13.1. The minimum atomic E-state index is -0.215. The lowest BCUT2D eigenvalue weighted by atomic mass is 10.2. The molecule has 2 aliphatic heterocycles. The van der Waals surface area contributed by atoms with Crippen molar-refractivity contribution in [2.45, 2.75) is 6.92 Å². The van der Waals surface area contributed by atoms with Gasteiger partial charge in [0.2, 0.25) is 11.7 Å². The van der Waals surface area contributed by atoms with E-state index in [2.05, 4.69) is 4.98 Å². The van der Waals surface area contributed by atoms with Crippen LogP contribution in [0.15, 0.2) is 24.4 Å². The van der Waals surface area contributed by atoms with Crippen LogP contribution in [0.1, 0.15) is 28.0 Å². The molecular weight excluding hydrogens is 362 g/mol. The summed E-state index contributed by atoms with van der Waals surface area (Å²) in [6.45, 7) is 5.48. The maximum atomic E-state index is 13.1. The summed E-state index contributed by atoms with van der Waals surface area (Å²) in [6, 6.07) is 5.43. The molecule has 28 heavy (non-hydrogen) atoms. The summed E-state index contributed by atoms with van der Waals surface area (Å²) in [5, 5.41) is 0. The van der Waals surface area contributed by atoms with Crippen molar-refractivity contribution in [1.29, 1.82) is 0 Å². The van der Waals surface area contributed by atoms with Gasteiger partial charge in [-0.3, -0.25) is 18.8 Å². The molecule has 0 aromatic carbocycles. The number of pyridine rings is 1. The average molecular weight is 385 g/mol. The number of aromatic nitrogens is 2. The number of hydrogen-bond acceptors (Lipinski definition) is 5. The number of nitrogens with zero attached hydrogens (tertiary/aromatic N) is 5. The van der Waals surface area contributed by atoms with E-state index >= 15 is 0 Å². The number of amides is 3. The molecule has 148 valence electrons. The van der Waals surface area contributed by atoms with Crippen molar-refractivity contribution in [2.75, 3.05) is 52.5 Å². The lowest BCUT2D eigenvalue weighted by Crippen LogP contribution is -2.50. The van der Waals surface area contributed by atoms with Gasteiger partial charge in [-0.2, -0.15) is 0 Å². The molecule has 0 aliphatic carbocycles. The van der Waals surface area contributed by atoms with Crippen LogP contribution in [0, 0.1) is 0 Å². The molecule has 0 bridgehead atoms. The molecule has 2 saturated heterocycles. The Balaban J connectivity index is 1.62. The molecule has 2 aliphatic rings. The Morgan fingerprint density at radius 3 is 2.21 bits per heavy atom. The van der Waals surface area contributed by atoms with Gasteiger partial charge < -0.3 is 19.4 Å². The molecule has 0 atom stereocenters. The van der Waals surface area contributed by atoms with Crippen LogP contribution in [-0.2, 0) is 9.53 Å². The van der Waals surface area contributed by atoms with Crippen molar-refractivity contribution < 1.29 is 19.1 Å². The van der Waals surface area contributed by atoms with Crippen molar-refractivity contribution >= 4 is 23.2 Å². The zero-order chi connectivity index (χ0) is 19.7. The molecule has 0 spiro atoms. The van der Waals surface area contributed by atoms with E-state index in [1.165, 1.54) is 6.92 Å². The van der Waals surface area contributed by atoms with Crippen LogP contribution in [0.2, 0.25) is 0 Å². The Morgan fingerprint density at radius 1 is 0.893 bits per heavy atom. The molecule has 3 amide bonds. The fraction of sp³-hybridized carbons (Fsp3) is 0.474. The van der Waals surface area contributed by atoms with Gasteiger partial charge in [0.05, 0.1) is 18.7 Å². The number of hydrogen-bond donors (Lipinski definition) is 0. The molecule has 4 rings (SSSR count). The summed E-state index contributed by atoms with van der Waals surface area (Å²) in [4.78, 5) is 47.1. The van der Waals surface area contributed by atoms with Crippen LogP contribution in [0.4, 0.5) is 0 Å². The Bertz CT molecular complexity index is 910. The van der Waals surface area contributed by atoms with E-state index in [9.17, 15) is 14.4 Å². The Kier molecular flexibility index (Phi) is 4.99. The molecule has 9 nitrogen and oxygen atoms in total. The van der Waals surface area contributed by atoms with Crippen LogP contribution in [0.5, 0.6) is 0 Å². The first kappa shape index (κ1) is 18.4. The highest BCUT2D eigenvalue weighted by molar-refractivity contribution is 6.02. The number of piperazine rings is 1. The standard InChI is InChI=1S/C19H23N5O4/c1-14(25)21-6-8-22(9-7-21)18(26)16-15-4-2-3-5-24(15)17(20-16)19(27)23-10-12-28-13-11-23/h2-5H,6-13H2,1H3. The fourth-order valence-corrected chi connectivity index (χ4v) is 3.63. The van der Waals surface area contributed by atoms with Crippen molar-refractivity contribution in [3.63, 3.8) is 0 Å². The number of carbonyl (C=O) groups is 3. The van der Waals surface area contributed by atoms with Crippen LogP contribution < -0.4 is 0 Å². The van der Waals surface area contributed by atoms with Gasteiger partial charge in [0.15, 0.2) is 5.69 Å². The zero-order valence-corrected chi connectivity index (χ0v) is 15.8. The topological polar surface area (TPSA) is 87.5 Å². The number of carbonyl (C=O) groups excluding carboxylic acids is 3. The second-order valence-corrected chi connectivity index (χ2v) is 6.94. The minimum absolute atomic E-state index is 0.0120. The SMILES string of the molecule is CC(=O)N1CCN(C(=O)c2nc(C(=O)N3CCOCC3)n3ccccc23)CC1. The molecule has 0 N–H and O–H groups in total. The number of fused-ring (bicyclic) bond motifs is 1. The van der Waals surface area contributed by atoms with Gasteiger partial charge in [0.25, 0.3) is 11.8 Å².